The van der Waals surface area contributed by atoms with Crippen molar-refractivity contribution < 1.29 is 23.8 Å². The maximum atomic E-state index is 10.9. The minimum atomic E-state index is -1.10. The van der Waals surface area contributed by atoms with Crippen molar-refractivity contribution in [1.29, 1.82) is 0 Å². The molecule has 0 fully saturated rings. The van der Waals surface area contributed by atoms with Gasteiger partial charge in [-0.2, -0.15) is 0 Å². The highest BCUT2D eigenvalue weighted by atomic mass is 32.1. The fraction of sp³-hybridized carbons (Fsp3) is 0.222. The van der Waals surface area contributed by atoms with Crippen LogP contribution in [0.1, 0.15) is 24.4 Å². The molecule has 0 amide bonds. The SMILES string of the molecule is CCOc1ccc(-c2nc(-c3ccc(C(=O)O)o3)cs2)cc1OCC. The fourth-order valence-corrected chi connectivity index (χ4v) is 3.10. The van der Waals surface area contributed by atoms with E-state index in [2.05, 4.69) is 4.98 Å². The second-order valence-corrected chi connectivity index (χ2v) is 5.89. The van der Waals surface area contributed by atoms with Crippen molar-refractivity contribution in [2.45, 2.75) is 13.8 Å². The minimum absolute atomic E-state index is 0.107. The number of carbonyl (C=O) groups is 1. The van der Waals surface area contributed by atoms with Gasteiger partial charge in [0, 0.05) is 10.9 Å². The Morgan fingerprint density at radius 2 is 1.92 bits per heavy atom. The van der Waals surface area contributed by atoms with Crippen LogP contribution >= 0.6 is 11.3 Å². The molecule has 0 atom stereocenters. The van der Waals surface area contributed by atoms with E-state index in [0.717, 1.165) is 10.6 Å². The lowest BCUT2D eigenvalue weighted by atomic mass is 10.2. The van der Waals surface area contributed by atoms with Crippen LogP contribution in [0.25, 0.3) is 22.0 Å². The number of ether oxygens (including phenoxy) is 2. The third-order valence-corrected chi connectivity index (χ3v) is 4.26. The Morgan fingerprint density at radius 1 is 1.16 bits per heavy atom. The van der Waals surface area contributed by atoms with Gasteiger partial charge >= 0.3 is 5.97 Å². The molecule has 6 nitrogen and oxygen atoms in total. The van der Waals surface area contributed by atoms with E-state index < -0.39 is 5.97 Å². The van der Waals surface area contributed by atoms with Gasteiger partial charge in [-0.25, -0.2) is 9.78 Å². The summed E-state index contributed by atoms with van der Waals surface area (Å²) >= 11 is 1.45. The number of carboxylic acids is 1. The average Bonchev–Trinajstić information content (AvgIpc) is 3.26. The van der Waals surface area contributed by atoms with Crippen molar-refractivity contribution in [2.24, 2.45) is 0 Å². The van der Waals surface area contributed by atoms with Gasteiger partial charge in [0.1, 0.15) is 10.7 Å². The van der Waals surface area contributed by atoms with Crippen molar-refractivity contribution >= 4 is 17.3 Å². The topological polar surface area (TPSA) is 81.8 Å². The number of nitrogens with zero attached hydrogens (tertiary/aromatic N) is 1. The van der Waals surface area contributed by atoms with Crippen molar-refractivity contribution in [3.05, 3.63) is 41.5 Å². The molecule has 1 aromatic carbocycles. The first kappa shape index (κ1) is 17.0. The van der Waals surface area contributed by atoms with Gasteiger partial charge < -0.3 is 19.0 Å². The van der Waals surface area contributed by atoms with E-state index in [1.807, 2.05) is 37.4 Å². The summed E-state index contributed by atoms with van der Waals surface area (Å²) in [5.41, 5.74) is 1.49. The summed E-state index contributed by atoms with van der Waals surface area (Å²) in [6.45, 7) is 4.94. The zero-order valence-electron chi connectivity index (χ0n) is 13.8. The van der Waals surface area contributed by atoms with E-state index in [9.17, 15) is 4.79 Å². The summed E-state index contributed by atoms with van der Waals surface area (Å²) in [5.74, 6) is 0.585. The largest absolute Gasteiger partial charge is 0.490 e. The Balaban J connectivity index is 1.90. The minimum Gasteiger partial charge on any atom is -0.490 e. The van der Waals surface area contributed by atoms with Gasteiger partial charge in [-0.1, -0.05) is 0 Å². The van der Waals surface area contributed by atoms with Crippen LogP contribution in [0.15, 0.2) is 40.1 Å². The van der Waals surface area contributed by atoms with E-state index in [-0.39, 0.29) is 5.76 Å². The van der Waals surface area contributed by atoms with Gasteiger partial charge in [0.25, 0.3) is 0 Å². The van der Waals surface area contributed by atoms with Gasteiger partial charge in [0.15, 0.2) is 17.3 Å². The van der Waals surface area contributed by atoms with Crippen molar-refractivity contribution in [3.8, 4) is 33.5 Å². The highest BCUT2D eigenvalue weighted by Gasteiger charge is 2.15. The zero-order valence-corrected chi connectivity index (χ0v) is 14.6. The van der Waals surface area contributed by atoms with Crippen LogP contribution in [-0.2, 0) is 0 Å². The van der Waals surface area contributed by atoms with Crippen LogP contribution in [0.3, 0.4) is 0 Å². The number of thiazole rings is 1. The first-order valence-electron chi connectivity index (χ1n) is 7.81. The Morgan fingerprint density at radius 3 is 2.60 bits per heavy atom. The van der Waals surface area contributed by atoms with E-state index in [1.54, 1.807) is 6.07 Å². The molecule has 0 bridgehead atoms. The number of aromatic nitrogens is 1. The molecule has 0 aliphatic heterocycles. The first-order chi connectivity index (χ1) is 12.1. The third-order valence-electron chi connectivity index (χ3n) is 3.36. The van der Waals surface area contributed by atoms with Crippen LogP contribution in [0.4, 0.5) is 0 Å². The van der Waals surface area contributed by atoms with Gasteiger partial charge in [-0.3, -0.25) is 0 Å². The molecule has 130 valence electrons. The van der Waals surface area contributed by atoms with Gasteiger partial charge in [0.05, 0.1) is 13.2 Å². The van der Waals surface area contributed by atoms with E-state index in [1.165, 1.54) is 17.4 Å². The average molecular weight is 359 g/mol. The molecule has 2 heterocycles. The third kappa shape index (κ3) is 3.66. The fourth-order valence-electron chi connectivity index (χ4n) is 2.29. The Hall–Kier alpha value is -2.80. The lowest BCUT2D eigenvalue weighted by Crippen LogP contribution is -1.98. The number of rotatable bonds is 7. The molecular formula is C18H17NO5S. The molecular weight excluding hydrogens is 342 g/mol. The predicted octanol–water partition coefficient (Wildman–Crippen LogP) is 4.57. The Labute approximate surface area is 148 Å². The molecule has 7 heteroatoms. The number of aromatic carboxylic acids is 1. The van der Waals surface area contributed by atoms with Crippen LogP contribution in [0.5, 0.6) is 11.5 Å². The summed E-state index contributed by atoms with van der Waals surface area (Å²) < 4.78 is 16.5. The van der Waals surface area contributed by atoms with E-state index >= 15 is 0 Å². The quantitative estimate of drug-likeness (QED) is 0.666. The van der Waals surface area contributed by atoms with Crippen LogP contribution in [-0.4, -0.2) is 29.3 Å². The summed E-state index contributed by atoms with van der Waals surface area (Å²) in [6.07, 6.45) is 0. The van der Waals surface area contributed by atoms with Crippen molar-refractivity contribution in [2.75, 3.05) is 13.2 Å². The molecule has 0 saturated heterocycles. The summed E-state index contributed by atoms with van der Waals surface area (Å²) in [7, 11) is 0. The standard InChI is InChI=1S/C18H17NO5S/c1-3-22-14-6-5-11(9-16(14)23-4-2)17-19-12(10-25-17)13-7-8-15(24-13)18(20)21/h5-10H,3-4H2,1-2H3,(H,20,21). The maximum absolute atomic E-state index is 10.9. The first-order valence-corrected chi connectivity index (χ1v) is 8.69. The lowest BCUT2D eigenvalue weighted by Gasteiger charge is -2.11. The highest BCUT2D eigenvalue weighted by Crippen LogP contribution is 2.35. The monoisotopic (exact) mass is 359 g/mol. The van der Waals surface area contributed by atoms with Crippen LogP contribution < -0.4 is 9.47 Å². The molecule has 0 aliphatic carbocycles. The van der Waals surface area contributed by atoms with E-state index in [0.29, 0.717) is 36.2 Å². The second kappa shape index (κ2) is 7.40. The molecule has 0 saturated carbocycles. The van der Waals surface area contributed by atoms with Crippen molar-refractivity contribution in [1.82, 2.24) is 4.98 Å². The molecule has 1 N–H and O–H groups in total. The van der Waals surface area contributed by atoms with Gasteiger partial charge in [0.2, 0.25) is 5.76 Å². The van der Waals surface area contributed by atoms with Gasteiger partial charge in [-0.15, -0.1) is 11.3 Å². The lowest BCUT2D eigenvalue weighted by molar-refractivity contribution is 0.0663. The summed E-state index contributed by atoms with van der Waals surface area (Å²) in [6, 6.07) is 8.69. The number of furan rings is 1. The molecule has 3 aromatic rings. The van der Waals surface area contributed by atoms with Crippen LogP contribution in [0, 0.1) is 0 Å². The molecule has 3 rings (SSSR count). The van der Waals surface area contributed by atoms with Crippen molar-refractivity contribution in [3.63, 3.8) is 0 Å². The smallest absolute Gasteiger partial charge is 0.371 e. The Kier molecular flexibility index (Phi) is 5.04. The number of carboxylic acid groups (broad SMARTS) is 1. The molecule has 0 radical (unpaired) electrons. The number of hydrogen-bond donors (Lipinski definition) is 1. The summed E-state index contributed by atoms with van der Waals surface area (Å²) in [5, 5.41) is 11.6. The molecule has 2 aromatic heterocycles. The number of benzene rings is 1. The zero-order chi connectivity index (χ0) is 17.8. The number of hydrogen-bond acceptors (Lipinski definition) is 6. The predicted molar refractivity (Wildman–Crippen MR) is 94.5 cm³/mol. The maximum Gasteiger partial charge on any atom is 0.371 e. The normalized spacial score (nSPS) is 10.6. The van der Waals surface area contributed by atoms with Gasteiger partial charge in [-0.05, 0) is 44.2 Å². The van der Waals surface area contributed by atoms with Crippen LogP contribution in [0.2, 0.25) is 0 Å². The molecule has 0 unspecified atom stereocenters. The molecule has 0 aliphatic rings. The molecule has 25 heavy (non-hydrogen) atoms. The summed E-state index contributed by atoms with van der Waals surface area (Å²) in [4.78, 5) is 15.5. The molecule has 0 spiro atoms. The van der Waals surface area contributed by atoms with E-state index in [4.69, 9.17) is 19.0 Å². The highest BCUT2D eigenvalue weighted by molar-refractivity contribution is 7.13. The Bertz CT molecular complexity index is 883. The second-order valence-electron chi connectivity index (χ2n) is 5.03.